The molecule has 2 amide bonds. The molecule has 0 saturated heterocycles. The molecule has 28 heavy (non-hydrogen) atoms. The average molecular weight is 382 g/mol. The van der Waals surface area contributed by atoms with Gasteiger partial charge in [0.05, 0.1) is 6.04 Å². The highest BCUT2D eigenvalue weighted by Crippen LogP contribution is 2.28. The maximum atomic E-state index is 12.7. The van der Waals surface area contributed by atoms with Crippen LogP contribution in [0.25, 0.3) is 0 Å². The van der Waals surface area contributed by atoms with E-state index in [0.29, 0.717) is 24.9 Å². The lowest BCUT2D eigenvalue weighted by molar-refractivity contribution is -0.121. The summed E-state index contributed by atoms with van der Waals surface area (Å²) in [5, 5.41) is 2.52. The van der Waals surface area contributed by atoms with Crippen LogP contribution in [0.5, 0.6) is 0 Å². The lowest BCUT2D eigenvalue weighted by Crippen LogP contribution is -2.37. The quantitative estimate of drug-likeness (QED) is 0.382. The predicted molar refractivity (Wildman–Crippen MR) is 105 cm³/mol. The van der Waals surface area contributed by atoms with E-state index in [2.05, 4.69) is 17.2 Å². The molecule has 0 saturated carbocycles. The van der Waals surface area contributed by atoms with E-state index in [1.165, 1.54) is 4.90 Å². The Balaban J connectivity index is 2.04. The number of carbonyl (C=O) groups excluding carboxylic acids is 4. The Morgan fingerprint density at radius 3 is 2.82 bits per heavy atom. The van der Waals surface area contributed by atoms with Gasteiger partial charge in [0.25, 0.3) is 5.91 Å². The summed E-state index contributed by atoms with van der Waals surface area (Å²) in [6.45, 7) is 0.329. The molecule has 6 nitrogen and oxygen atoms in total. The van der Waals surface area contributed by atoms with Gasteiger partial charge in [-0.25, -0.2) is 0 Å². The summed E-state index contributed by atoms with van der Waals surface area (Å²) in [4.78, 5) is 47.5. The molecule has 0 fully saturated rings. The summed E-state index contributed by atoms with van der Waals surface area (Å²) >= 11 is 0. The lowest BCUT2D eigenvalue weighted by atomic mass is 10.0. The largest absolute Gasteiger partial charge is 0.359 e. The van der Waals surface area contributed by atoms with E-state index in [0.717, 1.165) is 49.4 Å². The van der Waals surface area contributed by atoms with Crippen molar-refractivity contribution >= 4 is 24.4 Å². The van der Waals surface area contributed by atoms with Crippen LogP contribution in [0, 0.1) is 11.8 Å². The number of hydrogen-bond acceptors (Lipinski definition) is 4. The third kappa shape index (κ3) is 5.53. The smallest absolute Gasteiger partial charge is 0.255 e. The fraction of sp³-hybridized carbons (Fsp3) is 0.455. The molecule has 1 aromatic carbocycles. The van der Waals surface area contributed by atoms with Crippen molar-refractivity contribution in [3.8, 4) is 11.8 Å². The van der Waals surface area contributed by atoms with E-state index in [-0.39, 0.29) is 18.2 Å². The molecule has 0 radical (unpaired) electrons. The van der Waals surface area contributed by atoms with Crippen molar-refractivity contribution in [3.63, 3.8) is 0 Å². The van der Waals surface area contributed by atoms with Crippen LogP contribution in [0.15, 0.2) is 18.2 Å². The Labute approximate surface area is 165 Å². The Kier molecular flexibility index (Phi) is 8.41. The SMILES string of the molecule is CNC(=O)CCC(C=O)N1Cc2c(C#CCCCCCC=O)cccc2C1=O. The maximum absolute atomic E-state index is 12.7. The predicted octanol–water partition coefficient (Wildman–Crippen LogP) is 2.24. The van der Waals surface area contributed by atoms with Gasteiger partial charge in [-0.05, 0) is 37.0 Å². The van der Waals surface area contributed by atoms with E-state index in [9.17, 15) is 19.2 Å². The molecule has 1 aliphatic heterocycles. The molecule has 1 heterocycles. The van der Waals surface area contributed by atoms with E-state index in [4.69, 9.17) is 0 Å². The topological polar surface area (TPSA) is 83.6 Å². The van der Waals surface area contributed by atoms with Crippen LogP contribution in [0.3, 0.4) is 0 Å². The molecular weight excluding hydrogens is 356 g/mol. The first kappa shape index (κ1) is 21.4. The van der Waals surface area contributed by atoms with Crippen LogP contribution in [-0.2, 0) is 20.9 Å². The first-order chi connectivity index (χ1) is 13.6. The highest BCUT2D eigenvalue weighted by Gasteiger charge is 2.33. The van der Waals surface area contributed by atoms with Gasteiger partial charge in [0, 0.05) is 44.0 Å². The second-order valence-corrected chi connectivity index (χ2v) is 6.75. The lowest BCUT2D eigenvalue weighted by Gasteiger charge is -2.22. The fourth-order valence-electron chi connectivity index (χ4n) is 3.22. The maximum Gasteiger partial charge on any atom is 0.255 e. The molecule has 6 heteroatoms. The zero-order chi connectivity index (χ0) is 20.4. The summed E-state index contributed by atoms with van der Waals surface area (Å²) < 4.78 is 0. The first-order valence-electron chi connectivity index (χ1n) is 9.63. The average Bonchev–Trinajstić information content (AvgIpc) is 3.05. The monoisotopic (exact) mass is 382 g/mol. The van der Waals surface area contributed by atoms with Gasteiger partial charge >= 0.3 is 0 Å². The van der Waals surface area contributed by atoms with Gasteiger partial charge < -0.3 is 19.8 Å². The van der Waals surface area contributed by atoms with Gasteiger partial charge in [0.2, 0.25) is 5.91 Å². The Morgan fingerprint density at radius 2 is 2.11 bits per heavy atom. The van der Waals surface area contributed by atoms with Crippen molar-refractivity contribution < 1.29 is 19.2 Å². The van der Waals surface area contributed by atoms with E-state index in [1.54, 1.807) is 19.2 Å². The van der Waals surface area contributed by atoms with Crippen molar-refractivity contribution in [2.24, 2.45) is 0 Å². The number of nitrogens with zero attached hydrogens (tertiary/aromatic N) is 1. The highest BCUT2D eigenvalue weighted by molar-refractivity contribution is 6.00. The summed E-state index contributed by atoms with van der Waals surface area (Å²) in [5.41, 5.74) is 2.22. The first-order valence-corrected chi connectivity index (χ1v) is 9.63. The van der Waals surface area contributed by atoms with Crippen LogP contribution in [0.1, 0.15) is 66.4 Å². The molecule has 0 bridgehead atoms. The van der Waals surface area contributed by atoms with E-state index < -0.39 is 6.04 Å². The van der Waals surface area contributed by atoms with Gasteiger partial charge in [-0.1, -0.05) is 24.3 Å². The number of fused-ring (bicyclic) bond motifs is 1. The van der Waals surface area contributed by atoms with Crippen LogP contribution in [0.2, 0.25) is 0 Å². The van der Waals surface area contributed by atoms with Gasteiger partial charge in [0.1, 0.15) is 12.6 Å². The number of rotatable bonds is 10. The standard InChI is InChI=1S/C22H26N2O4/c1-23-21(27)13-12-18(16-26)24-15-20-17(10-8-11-19(20)22(24)28)9-6-4-2-3-5-7-14-25/h8,10-11,14,16,18H,2-5,7,12-13,15H2,1H3,(H,23,27). The molecule has 2 rings (SSSR count). The molecule has 0 spiro atoms. The summed E-state index contributed by atoms with van der Waals surface area (Å²) in [5.74, 6) is 5.93. The highest BCUT2D eigenvalue weighted by atomic mass is 16.2. The van der Waals surface area contributed by atoms with Crippen molar-refractivity contribution in [1.82, 2.24) is 10.2 Å². The van der Waals surface area contributed by atoms with Crippen LogP contribution < -0.4 is 5.32 Å². The Hall–Kier alpha value is -2.94. The Morgan fingerprint density at radius 1 is 1.29 bits per heavy atom. The summed E-state index contributed by atoms with van der Waals surface area (Å²) in [6.07, 6.45) is 6.28. The van der Waals surface area contributed by atoms with Gasteiger partial charge in [0.15, 0.2) is 0 Å². The van der Waals surface area contributed by atoms with Crippen molar-refractivity contribution in [2.45, 2.75) is 57.5 Å². The third-order valence-electron chi connectivity index (χ3n) is 4.85. The zero-order valence-electron chi connectivity index (χ0n) is 16.2. The van der Waals surface area contributed by atoms with Crippen molar-refractivity contribution in [3.05, 3.63) is 34.9 Å². The minimum Gasteiger partial charge on any atom is -0.359 e. The van der Waals surface area contributed by atoms with Gasteiger partial charge in [-0.15, -0.1) is 0 Å². The molecule has 1 N–H and O–H groups in total. The molecule has 1 aliphatic rings. The molecular formula is C22H26N2O4. The molecule has 1 atom stereocenters. The molecule has 148 valence electrons. The summed E-state index contributed by atoms with van der Waals surface area (Å²) in [6, 6.07) is 4.81. The molecule has 1 aromatic rings. The number of amides is 2. The Bertz CT molecular complexity index is 791. The number of aldehydes is 2. The van der Waals surface area contributed by atoms with E-state index >= 15 is 0 Å². The second-order valence-electron chi connectivity index (χ2n) is 6.75. The minimum atomic E-state index is -0.629. The normalized spacial score (nSPS) is 13.3. The number of unbranched alkanes of at least 4 members (excludes halogenated alkanes) is 4. The van der Waals surface area contributed by atoms with Gasteiger partial charge in [-0.3, -0.25) is 9.59 Å². The number of benzene rings is 1. The molecule has 0 aromatic heterocycles. The number of hydrogen-bond donors (Lipinski definition) is 1. The minimum absolute atomic E-state index is 0.157. The summed E-state index contributed by atoms with van der Waals surface area (Å²) in [7, 11) is 1.54. The van der Waals surface area contributed by atoms with Crippen LogP contribution >= 0.6 is 0 Å². The van der Waals surface area contributed by atoms with Crippen LogP contribution in [-0.4, -0.2) is 42.4 Å². The van der Waals surface area contributed by atoms with E-state index in [1.807, 2.05) is 6.07 Å². The fourth-order valence-corrected chi connectivity index (χ4v) is 3.22. The van der Waals surface area contributed by atoms with Crippen molar-refractivity contribution in [1.29, 1.82) is 0 Å². The molecule has 0 aliphatic carbocycles. The van der Waals surface area contributed by atoms with Gasteiger partial charge in [-0.2, -0.15) is 0 Å². The number of carbonyl (C=O) groups is 4. The zero-order valence-corrected chi connectivity index (χ0v) is 16.2. The van der Waals surface area contributed by atoms with Crippen LogP contribution in [0.4, 0.5) is 0 Å². The third-order valence-corrected chi connectivity index (χ3v) is 4.85. The number of nitrogens with one attached hydrogen (secondary N) is 1. The molecule has 1 unspecified atom stereocenters. The second kappa shape index (κ2) is 11.0. The van der Waals surface area contributed by atoms with Crippen molar-refractivity contribution in [2.75, 3.05) is 7.05 Å².